The van der Waals surface area contributed by atoms with Crippen LogP contribution in [-0.4, -0.2) is 21.8 Å². The summed E-state index contributed by atoms with van der Waals surface area (Å²) in [6, 6.07) is 0. The Hall–Kier alpha value is -1.65. The second-order valence-electron chi connectivity index (χ2n) is 3.72. The number of imidazole rings is 1. The van der Waals surface area contributed by atoms with Crippen molar-refractivity contribution in [2.45, 2.75) is 12.8 Å². The zero-order valence-electron chi connectivity index (χ0n) is 7.43. The molecule has 0 aromatic carbocycles. The number of hydrogen-bond donors (Lipinski definition) is 1. The average Bonchev–Trinajstić information content (AvgIpc) is 2.59. The Morgan fingerprint density at radius 2 is 1.93 bits per heavy atom. The number of aromatic amines is 1. The van der Waals surface area contributed by atoms with Crippen molar-refractivity contribution in [2.75, 3.05) is 4.90 Å². The molecule has 1 saturated carbocycles. The number of H-pyrrole nitrogens is 1. The van der Waals surface area contributed by atoms with Crippen LogP contribution in [0.25, 0.3) is 0 Å². The lowest BCUT2D eigenvalue weighted by Gasteiger charge is -2.23. The largest absolute Gasteiger partial charge is 0.330 e. The van der Waals surface area contributed by atoms with Crippen molar-refractivity contribution in [3.05, 3.63) is 12.4 Å². The van der Waals surface area contributed by atoms with Crippen LogP contribution in [0.3, 0.4) is 0 Å². The van der Waals surface area contributed by atoms with Crippen molar-refractivity contribution >= 4 is 17.8 Å². The summed E-state index contributed by atoms with van der Waals surface area (Å²) in [6.07, 6.45) is 4.82. The first-order chi connectivity index (χ1) is 6.79. The second kappa shape index (κ2) is 2.43. The van der Waals surface area contributed by atoms with Gasteiger partial charge in [0.15, 0.2) is 0 Å². The van der Waals surface area contributed by atoms with Gasteiger partial charge in [0.05, 0.1) is 11.8 Å². The Morgan fingerprint density at radius 1 is 1.29 bits per heavy atom. The molecule has 0 spiro atoms. The van der Waals surface area contributed by atoms with E-state index in [-0.39, 0.29) is 23.7 Å². The molecular weight excluding hydrogens is 182 g/mol. The maximum Gasteiger partial charge on any atom is 0.240 e. The first kappa shape index (κ1) is 7.73. The summed E-state index contributed by atoms with van der Waals surface area (Å²) in [5.74, 6) is 0.0111. The smallest absolute Gasteiger partial charge is 0.240 e. The molecule has 2 amide bonds. The molecule has 1 aromatic rings. The lowest BCUT2D eigenvalue weighted by molar-refractivity contribution is -0.123. The van der Waals surface area contributed by atoms with Crippen LogP contribution in [0.2, 0.25) is 0 Å². The number of nitrogens with zero attached hydrogens (tertiary/aromatic N) is 2. The molecule has 14 heavy (non-hydrogen) atoms. The number of nitrogens with one attached hydrogen (secondary N) is 1. The number of imide groups is 1. The van der Waals surface area contributed by atoms with Gasteiger partial charge < -0.3 is 4.98 Å². The minimum Gasteiger partial charge on any atom is -0.330 e. The maximum absolute atomic E-state index is 11.7. The van der Waals surface area contributed by atoms with Crippen molar-refractivity contribution in [3.63, 3.8) is 0 Å². The quantitative estimate of drug-likeness (QED) is 0.649. The molecule has 2 heterocycles. The highest BCUT2D eigenvalue weighted by atomic mass is 16.2. The number of fused-ring (bicyclic) bond motifs is 1. The van der Waals surface area contributed by atoms with E-state index in [2.05, 4.69) is 9.97 Å². The molecule has 2 fully saturated rings. The van der Waals surface area contributed by atoms with Gasteiger partial charge in [-0.15, -0.1) is 0 Å². The Bertz CT molecular complexity index is 376. The number of anilines is 1. The molecule has 1 aliphatic heterocycles. The lowest BCUT2D eigenvalue weighted by atomic mass is 9.76. The number of aromatic nitrogens is 2. The second-order valence-corrected chi connectivity index (χ2v) is 3.72. The van der Waals surface area contributed by atoms with Crippen LogP contribution in [0, 0.1) is 11.8 Å². The summed E-state index contributed by atoms with van der Waals surface area (Å²) in [5.41, 5.74) is 0. The summed E-state index contributed by atoms with van der Waals surface area (Å²) >= 11 is 0. The van der Waals surface area contributed by atoms with Crippen LogP contribution in [0.15, 0.2) is 12.4 Å². The van der Waals surface area contributed by atoms with Gasteiger partial charge in [0.25, 0.3) is 0 Å². The van der Waals surface area contributed by atoms with Gasteiger partial charge in [-0.1, -0.05) is 0 Å². The fraction of sp³-hybridized carbons (Fsp3) is 0.444. The van der Waals surface area contributed by atoms with Crippen LogP contribution in [0.1, 0.15) is 12.8 Å². The van der Waals surface area contributed by atoms with Gasteiger partial charge >= 0.3 is 0 Å². The molecule has 0 unspecified atom stereocenters. The highest BCUT2D eigenvalue weighted by Crippen LogP contribution is 2.43. The fourth-order valence-corrected chi connectivity index (χ4v) is 2.12. The molecule has 5 nitrogen and oxygen atoms in total. The predicted molar refractivity (Wildman–Crippen MR) is 47.3 cm³/mol. The zero-order valence-corrected chi connectivity index (χ0v) is 7.43. The van der Waals surface area contributed by atoms with Crippen molar-refractivity contribution in [1.29, 1.82) is 0 Å². The Kier molecular flexibility index (Phi) is 1.34. The molecule has 0 bridgehead atoms. The normalized spacial score (nSPS) is 30.4. The minimum absolute atomic E-state index is 0.0763. The summed E-state index contributed by atoms with van der Waals surface area (Å²) in [4.78, 5) is 31.3. The Labute approximate surface area is 80.1 Å². The van der Waals surface area contributed by atoms with E-state index in [9.17, 15) is 9.59 Å². The molecule has 1 aromatic heterocycles. The molecule has 72 valence electrons. The van der Waals surface area contributed by atoms with Crippen molar-refractivity contribution in [1.82, 2.24) is 9.97 Å². The molecule has 1 saturated heterocycles. The summed E-state index contributed by atoms with van der Waals surface area (Å²) in [6.45, 7) is 0. The molecule has 2 atom stereocenters. The SMILES string of the molecule is O=C1[C@H]2CC[C@H]2C(=O)N1c1ncc[nH]1. The zero-order chi connectivity index (χ0) is 9.71. The molecule has 1 aliphatic carbocycles. The average molecular weight is 191 g/mol. The monoisotopic (exact) mass is 191 g/mol. The highest BCUT2D eigenvalue weighted by molar-refractivity contribution is 6.21. The predicted octanol–water partition coefficient (Wildman–Crippen LogP) is 0.309. The van der Waals surface area contributed by atoms with Gasteiger partial charge in [-0.2, -0.15) is 0 Å². The molecular formula is C9H9N3O2. The third-order valence-electron chi connectivity index (χ3n) is 3.05. The number of carbonyl (C=O) groups is 2. The first-order valence-corrected chi connectivity index (χ1v) is 4.66. The topological polar surface area (TPSA) is 66.1 Å². The van der Waals surface area contributed by atoms with E-state index in [1.807, 2.05) is 0 Å². The third kappa shape index (κ3) is 0.767. The van der Waals surface area contributed by atoms with Gasteiger partial charge in [0.2, 0.25) is 17.8 Å². The van der Waals surface area contributed by atoms with Crippen LogP contribution in [0.4, 0.5) is 5.95 Å². The molecule has 5 heteroatoms. The first-order valence-electron chi connectivity index (χ1n) is 4.66. The molecule has 0 radical (unpaired) electrons. The van der Waals surface area contributed by atoms with Crippen molar-refractivity contribution in [3.8, 4) is 0 Å². The summed E-state index contributed by atoms with van der Waals surface area (Å²) < 4.78 is 0. The summed E-state index contributed by atoms with van der Waals surface area (Å²) in [5, 5.41) is 0. The Balaban J connectivity index is 2.00. The Morgan fingerprint density at radius 3 is 2.36 bits per heavy atom. The molecule has 3 rings (SSSR count). The standard InChI is InChI=1S/C9H9N3O2/c13-7-5-1-2-6(5)8(14)12(7)9-10-3-4-11-9/h3-6H,1-2H2,(H,10,11)/t5-,6+. The van der Waals surface area contributed by atoms with Crippen LogP contribution in [-0.2, 0) is 9.59 Å². The van der Waals surface area contributed by atoms with Gasteiger partial charge in [-0.05, 0) is 12.8 Å². The number of carbonyl (C=O) groups excluding carboxylic acids is 2. The van der Waals surface area contributed by atoms with E-state index < -0.39 is 0 Å². The van der Waals surface area contributed by atoms with Crippen LogP contribution in [0.5, 0.6) is 0 Å². The van der Waals surface area contributed by atoms with Crippen molar-refractivity contribution in [2.24, 2.45) is 11.8 Å². The van der Waals surface area contributed by atoms with Gasteiger partial charge in [0, 0.05) is 12.4 Å². The van der Waals surface area contributed by atoms with Gasteiger partial charge in [-0.25, -0.2) is 9.88 Å². The van der Waals surface area contributed by atoms with Crippen LogP contribution < -0.4 is 4.90 Å². The lowest BCUT2D eigenvalue weighted by Crippen LogP contribution is -2.31. The van der Waals surface area contributed by atoms with Gasteiger partial charge in [-0.3, -0.25) is 9.59 Å². The fourth-order valence-electron chi connectivity index (χ4n) is 2.12. The van der Waals surface area contributed by atoms with E-state index in [0.29, 0.717) is 5.95 Å². The molecule has 2 aliphatic rings. The number of amides is 2. The number of hydrogen-bond acceptors (Lipinski definition) is 3. The van der Waals surface area contributed by atoms with Crippen molar-refractivity contribution < 1.29 is 9.59 Å². The highest BCUT2D eigenvalue weighted by Gasteiger charge is 2.53. The minimum atomic E-state index is -0.0961. The van der Waals surface area contributed by atoms with Gasteiger partial charge in [0.1, 0.15) is 0 Å². The number of rotatable bonds is 1. The summed E-state index contributed by atoms with van der Waals surface area (Å²) in [7, 11) is 0. The van der Waals surface area contributed by atoms with E-state index in [1.54, 1.807) is 6.20 Å². The van der Waals surface area contributed by atoms with Crippen LogP contribution >= 0.6 is 0 Å². The van der Waals surface area contributed by atoms with E-state index >= 15 is 0 Å². The van der Waals surface area contributed by atoms with E-state index in [0.717, 1.165) is 12.8 Å². The molecule has 1 N–H and O–H groups in total. The maximum atomic E-state index is 11.7. The van der Waals surface area contributed by atoms with E-state index in [4.69, 9.17) is 0 Å². The van der Waals surface area contributed by atoms with E-state index in [1.165, 1.54) is 11.1 Å². The third-order valence-corrected chi connectivity index (χ3v) is 3.05.